The molecule has 1 rings (SSSR count). The van der Waals surface area contributed by atoms with Crippen LogP contribution in [0.2, 0.25) is 0 Å². The maximum Gasteiger partial charge on any atom is 0.285 e. The number of hydrogen-bond acceptors (Lipinski definition) is 3. The van der Waals surface area contributed by atoms with Gasteiger partial charge in [-0.3, -0.25) is 14.9 Å². The molecule has 0 aliphatic carbocycles. The van der Waals surface area contributed by atoms with E-state index in [0.717, 1.165) is 0 Å². The van der Waals surface area contributed by atoms with Gasteiger partial charge >= 0.3 is 0 Å². The molecule has 1 amide bonds. The van der Waals surface area contributed by atoms with Crippen LogP contribution in [0.3, 0.4) is 0 Å². The lowest BCUT2D eigenvalue weighted by Crippen LogP contribution is -2.46. The second-order valence-corrected chi connectivity index (χ2v) is 5.60. The lowest BCUT2D eigenvalue weighted by atomic mass is 10.0. The summed E-state index contributed by atoms with van der Waals surface area (Å²) in [6.07, 6.45) is 0. The Bertz CT molecular complexity index is 515. The lowest BCUT2D eigenvalue weighted by Gasteiger charge is -2.34. The molecule has 0 aliphatic rings. The fraction of sp³-hybridized carbons (Fsp3) is 0.462. The second-order valence-electron chi connectivity index (χ2n) is 5.04. The molecule has 1 aromatic carbocycles. The monoisotopic (exact) mass is 328 g/mol. The molecule has 0 spiro atoms. The van der Waals surface area contributed by atoms with Crippen LogP contribution in [0.15, 0.2) is 18.2 Å². The van der Waals surface area contributed by atoms with Gasteiger partial charge in [0.1, 0.15) is 5.56 Å². The number of benzene rings is 1. The zero-order chi connectivity index (χ0) is 14.8. The summed E-state index contributed by atoms with van der Waals surface area (Å²) in [5.74, 6) is -0.347. The van der Waals surface area contributed by atoms with Crippen LogP contribution < -0.4 is 0 Å². The first-order valence-electron chi connectivity index (χ1n) is 5.80. The summed E-state index contributed by atoms with van der Waals surface area (Å²) in [6.45, 7) is 5.41. The minimum atomic E-state index is -0.502. The number of nitro benzene ring substituents is 1. The molecule has 0 fully saturated rings. The summed E-state index contributed by atoms with van der Waals surface area (Å²) in [5, 5.41) is 11.7. The normalized spacial score (nSPS) is 11.2. The van der Waals surface area contributed by atoms with Gasteiger partial charge in [0, 0.05) is 23.5 Å². The number of aryl methyl sites for hydroxylation is 1. The standard InChI is InChI=1S/C13H17BrN2O3/c1-9-6-5-7-10(11(9)16(18)19)12(17)15(4)13(2,3)8-14/h5-7H,8H2,1-4H3. The Morgan fingerprint density at radius 1 is 1.47 bits per heavy atom. The number of alkyl halides is 1. The Hall–Kier alpha value is -1.43. The first kappa shape index (κ1) is 15.6. The number of carbonyl (C=O) groups is 1. The average Bonchev–Trinajstić information content (AvgIpc) is 2.36. The van der Waals surface area contributed by atoms with E-state index in [9.17, 15) is 14.9 Å². The molecular formula is C13H17BrN2O3. The molecule has 6 heteroatoms. The number of carbonyl (C=O) groups excluding carboxylic acids is 1. The van der Waals surface area contributed by atoms with Crippen LogP contribution in [-0.4, -0.2) is 33.6 Å². The summed E-state index contributed by atoms with van der Waals surface area (Å²) < 4.78 is 0. The van der Waals surface area contributed by atoms with Crippen molar-refractivity contribution in [2.45, 2.75) is 26.3 Å². The number of para-hydroxylation sites is 1. The summed E-state index contributed by atoms with van der Waals surface area (Å²) >= 11 is 3.35. The molecule has 0 saturated heterocycles. The first-order chi connectivity index (χ1) is 8.72. The number of halogens is 1. The van der Waals surface area contributed by atoms with Crippen molar-refractivity contribution >= 4 is 27.5 Å². The maximum atomic E-state index is 12.4. The van der Waals surface area contributed by atoms with Crippen LogP contribution in [0.4, 0.5) is 5.69 Å². The van der Waals surface area contributed by atoms with Gasteiger partial charge in [0.15, 0.2) is 0 Å². The second kappa shape index (κ2) is 5.69. The Labute approximate surface area is 120 Å². The van der Waals surface area contributed by atoms with Gasteiger partial charge in [-0.25, -0.2) is 0 Å². The number of amides is 1. The van der Waals surface area contributed by atoms with Gasteiger partial charge in [-0.2, -0.15) is 0 Å². The van der Waals surface area contributed by atoms with E-state index in [1.165, 1.54) is 11.0 Å². The highest BCUT2D eigenvalue weighted by molar-refractivity contribution is 9.09. The minimum Gasteiger partial charge on any atom is -0.336 e. The summed E-state index contributed by atoms with van der Waals surface area (Å²) in [6, 6.07) is 4.78. The molecule has 19 heavy (non-hydrogen) atoms. The molecule has 0 aromatic heterocycles. The molecule has 0 bridgehead atoms. The predicted octanol–water partition coefficient (Wildman–Crippen LogP) is 3.15. The van der Waals surface area contributed by atoms with Gasteiger partial charge in [0.25, 0.3) is 11.6 Å². The van der Waals surface area contributed by atoms with Crippen molar-refractivity contribution in [2.75, 3.05) is 12.4 Å². The van der Waals surface area contributed by atoms with Gasteiger partial charge in [-0.1, -0.05) is 28.1 Å². The molecule has 0 N–H and O–H groups in total. The first-order valence-corrected chi connectivity index (χ1v) is 6.92. The van der Waals surface area contributed by atoms with E-state index in [1.54, 1.807) is 26.1 Å². The Kier molecular flexibility index (Phi) is 4.68. The third kappa shape index (κ3) is 3.12. The smallest absolute Gasteiger partial charge is 0.285 e. The number of nitro groups is 1. The van der Waals surface area contributed by atoms with Gasteiger partial charge in [-0.05, 0) is 26.8 Å². The SMILES string of the molecule is Cc1cccc(C(=O)N(C)C(C)(C)CBr)c1[N+](=O)[O-]. The van der Waals surface area contributed by atoms with Gasteiger partial charge in [0.05, 0.1) is 4.92 Å². The van der Waals surface area contributed by atoms with E-state index >= 15 is 0 Å². The zero-order valence-electron chi connectivity index (χ0n) is 11.4. The van der Waals surface area contributed by atoms with E-state index in [0.29, 0.717) is 10.9 Å². The summed E-state index contributed by atoms with van der Waals surface area (Å²) in [5.41, 5.74) is 0.0708. The van der Waals surface area contributed by atoms with Crippen LogP contribution in [0.5, 0.6) is 0 Å². The van der Waals surface area contributed by atoms with Gasteiger partial charge in [-0.15, -0.1) is 0 Å². The van der Waals surface area contributed by atoms with E-state index in [1.807, 2.05) is 13.8 Å². The average molecular weight is 329 g/mol. The third-order valence-corrected chi connectivity index (χ3v) is 4.56. The topological polar surface area (TPSA) is 63.5 Å². The van der Waals surface area contributed by atoms with Gasteiger partial charge in [0.2, 0.25) is 0 Å². The van der Waals surface area contributed by atoms with Crippen LogP contribution in [0, 0.1) is 17.0 Å². The molecule has 104 valence electrons. The fourth-order valence-corrected chi connectivity index (χ4v) is 2.00. The van der Waals surface area contributed by atoms with E-state index in [2.05, 4.69) is 15.9 Å². The molecule has 0 radical (unpaired) electrons. The van der Waals surface area contributed by atoms with Gasteiger partial charge < -0.3 is 4.90 Å². The molecule has 0 aliphatic heterocycles. The van der Waals surface area contributed by atoms with Crippen LogP contribution in [0.1, 0.15) is 29.8 Å². The van der Waals surface area contributed by atoms with Crippen LogP contribution >= 0.6 is 15.9 Å². The van der Waals surface area contributed by atoms with E-state index in [4.69, 9.17) is 0 Å². The number of nitrogens with zero attached hydrogens (tertiary/aromatic N) is 2. The van der Waals surface area contributed by atoms with Crippen molar-refractivity contribution in [1.29, 1.82) is 0 Å². The van der Waals surface area contributed by atoms with E-state index < -0.39 is 10.5 Å². The Morgan fingerprint density at radius 2 is 2.05 bits per heavy atom. The highest BCUT2D eigenvalue weighted by Crippen LogP contribution is 2.26. The fourth-order valence-electron chi connectivity index (χ4n) is 1.62. The van der Waals surface area contributed by atoms with Crippen LogP contribution in [0.25, 0.3) is 0 Å². The molecule has 0 atom stereocenters. The molecule has 1 aromatic rings. The molecular weight excluding hydrogens is 312 g/mol. The zero-order valence-corrected chi connectivity index (χ0v) is 13.0. The molecule has 0 heterocycles. The number of rotatable bonds is 4. The van der Waals surface area contributed by atoms with Crippen molar-refractivity contribution in [3.8, 4) is 0 Å². The minimum absolute atomic E-state index is 0.121. The highest BCUT2D eigenvalue weighted by Gasteiger charge is 2.31. The highest BCUT2D eigenvalue weighted by atomic mass is 79.9. The summed E-state index contributed by atoms with van der Waals surface area (Å²) in [4.78, 5) is 24.6. The quantitative estimate of drug-likeness (QED) is 0.484. The maximum absolute atomic E-state index is 12.4. The Balaban J connectivity index is 3.28. The molecule has 0 saturated carbocycles. The number of hydrogen-bond donors (Lipinski definition) is 0. The van der Waals surface area contributed by atoms with Crippen molar-refractivity contribution in [3.05, 3.63) is 39.4 Å². The van der Waals surface area contributed by atoms with Crippen molar-refractivity contribution in [3.63, 3.8) is 0 Å². The van der Waals surface area contributed by atoms with Crippen molar-refractivity contribution in [1.82, 2.24) is 4.90 Å². The Morgan fingerprint density at radius 3 is 2.53 bits per heavy atom. The van der Waals surface area contributed by atoms with Crippen molar-refractivity contribution in [2.24, 2.45) is 0 Å². The van der Waals surface area contributed by atoms with Crippen molar-refractivity contribution < 1.29 is 9.72 Å². The predicted molar refractivity (Wildman–Crippen MR) is 77.8 cm³/mol. The summed E-state index contributed by atoms with van der Waals surface area (Å²) in [7, 11) is 1.65. The molecule has 5 nitrogen and oxygen atoms in total. The molecule has 0 unspecified atom stereocenters. The lowest BCUT2D eigenvalue weighted by molar-refractivity contribution is -0.385. The van der Waals surface area contributed by atoms with Crippen LogP contribution in [-0.2, 0) is 0 Å². The van der Waals surface area contributed by atoms with E-state index in [-0.39, 0.29) is 17.2 Å². The largest absolute Gasteiger partial charge is 0.336 e. The third-order valence-electron chi connectivity index (χ3n) is 3.19.